The summed E-state index contributed by atoms with van der Waals surface area (Å²) < 4.78 is 0. The molecule has 4 nitrogen and oxygen atoms in total. The molecule has 0 unspecified atom stereocenters. The molecule has 0 saturated carbocycles. The number of benzene rings is 1. The quantitative estimate of drug-likeness (QED) is 0.794. The Morgan fingerprint density at radius 2 is 2.29 bits per heavy atom. The third kappa shape index (κ3) is 2.64. The standard InChI is InChI=1S/C13H17N3O/c1-3-4-7-14-13(17)10-5-6-11-12(8-10)16-9(2)15-11/h5-6,8H,3-4,7H2,1-2H3,(H,14,17)(H,15,16). The van der Waals surface area contributed by atoms with Gasteiger partial charge in [0.2, 0.25) is 0 Å². The number of nitrogens with one attached hydrogen (secondary N) is 2. The fourth-order valence-electron chi connectivity index (χ4n) is 1.76. The number of fused-ring (bicyclic) bond motifs is 1. The topological polar surface area (TPSA) is 57.8 Å². The molecule has 0 fully saturated rings. The Bertz CT molecular complexity index is 530. The van der Waals surface area contributed by atoms with E-state index in [2.05, 4.69) is 22.2 Å². The van der Waals surface area contributed by atoms with E-state index in [1.807, 2.05) is 25.1 Å². The number of imidazole rings is 1. The maximum Gasteiger partial charge on any atom is 0.251 e. The average Bonchev–Trinajstić information content (AvgIpc) is 2.68. The number of nitrogens with zero attached hydrogens (tertiary/aromatic N) is 1. The highest BCUT2D eigenvalue weighted by atomic mass is 16.1. The molecular formula is C13H17N3O. The zero-order valence-electron chi connectivity index (χ0n) is 10.2. The van der Waals surface area contributed by atoms with E-state index in [-0.39, 0.29) is 5.91 Å². The number of amides is 1. The molecule has 2 aromatic rings. The summed E-state index contributed by atoms with van der Waals surface area (Å²) in [5.41, 5.74) is 2.48. The first-order valence-corrected chi connectivity index (χ1v) is 5.95. The molecule has 0 bridgehead atoms. The lowest BCUT2D eigenvalue weighted by Crippen LogP contribution is -2.24. The van der Waals surface area contributed by atoms with E-state index >= 15 is 0 Å². The zero-order valence-corrected chi connectivity index (χ0v) is 10.2. The zero-order chi connectivity index (χ0) is 12.3. The van der Waals surface area contributed by atoms with Crippen molar-refractivity contribution in [1.29, 1.82) is 0 Å². The molecule has 1 amide bonds. The highest BCUT2D eigenvalue weighted by molar-refractivity contribution is 5.97. The molecule has 0 radical (unpaired) electrons. The molecule has 0 atom stereocenters. The molecular weight excluding hydrogens is 214 g/mol. The molecule has 0 aliphatic heterocycles. The Morgan fingerprint density at radius 1 is 1.47 bits per heavy atom. The minimum atomic E-state index is -0.0207. The summed E-state index contributed by atoms with van der Waals surface area (Å²) in [4.78, 5) is 19.3. The maximum atomic E-state index is 11.8. The van der Waals surface area contributed by atoms with Crippen molar-refractivity contribution in [2.45, 2.75) is 26.7 Å². The van der Waals surface area contributed by atoms with E-state index in [1.165, 1.54) is 0 Å². The summed E-state index contributed by atoms with van der Waals surface area (Å²) in [5.74, 6) is 0.844. The van der Waals surface area contributed by atoms with Crippen LogP contribution < -0.4 is 5.32 Å². The Hall–Kier alpha value is -1.84. The third-order valence-electron chi connectivity index (χ3n) is 2.68. The van der Waals surface area contributed by atoms with Gasteiger partial charge in [0.05, 0.1) is 11.0 Å². The monoisotopic (exact) mass is 231 g/mol. The number of H-pyrrole nitrogens is 1. The van der Waals surface area contributed by atoms with Crippen LogP contribution in [-0.2, 0) is 0 Å². The first kappa shape index (κ1) is 11.6. The van der Waals surface area contributed by atoms with Crippen LogP contribution in [0.4, 0.5) is 0 Å². The summed E-state index contributed by atoms with van der Waals surface area (Å²) in [6, 6.07) is 5.52. The fourth-order valence-corrected chi connectivity index (χ4v) is 1.76. The average molecular weight is 231 g/mol. The van der Waals surface area contributed by atoms with Gasteiger partial charge < -0.3 is 10.3 Å². The largest absolute Gasteiger partial charge is 0.352 e. The van der Waals surface area contributed by atoms with Crippen molar-refractivity contribution in [2.75, 3.05) is 6.54 Å². The molecule has 2 rings (SSSR count). The van der Waals surface area contributed by atoms with E-state index in [4.69, 9.17) is 0 Å². The lowest BCUT2D eigenvalue weighted by Gasteiger charge is -2.03. The Labute approximate surface area is 100 Å². The van der Waals surface area contributed by atoms with Crippen LogP contribution in [0.15, 0.2) is 18.2 Å². The molecule has 0 spiro atoms. The molecule has 0 aliphatic rings. The van der Waals surface area contributed by atoms with Gasteiger partial charge in [-0.2, -0.15) is 0 Å². The van der Waals surface area contributed by atoms with Crippen molar-refractivity contribution >= 4 is 16.9 Å². The summed E-state index contributed by atoms with van der Waals surface area (Å²) in [7, 11) is 0. The van der Waals surface area contributed by atoms with Crippen molar-refractivity contribution < 1.29 is 4.79 Å². The Balaban J connectivity index is 2.15. The molecule has 1 aromatic carbocycles. The van der Waals surface area contributed by atoms with Crippen molar-refractivity contribution in [3.05, 3.63) is 29.6 Å². The second-order valence-corrected chi connectivity index (χ2v) is 4.16. The van der Waals surface area contributed by atoms with Crippen LogP contribution in [0, 0.1) is 6.92 Å². The number of aryl methyl sites for hydroxylation is 1. The first-order valence-electron chi connectivity index (χ1n) is 5.95. The maximum absolute atomic E-state index is 11.8. The van der Waals surface area contributed by atoms with Crippen LogP contribution in [0.2, 0.25) is 0 Å². The van der Waals surface area contributed by atoms with E-state index in [0.29, 0.717) is 5.56 Å². The summed E-state index contributed by atoms with van der Waals surface area (Å²) >= 11 is 0. The van der Waals surface area contributed by atoms with Gasteiger partial charge in [0.1, 0.15) is 5.82 Å². The SMILES string of the molecule is CCCCNC(=O)c1ccc2nc(C)[nH]c2c1. The van der Waals surface area contributed by atoms with Gasteiger partial charge in [0.15, 0.2) is 0 Å². The molecule has 4 heteroatoms. The highest BCUT2D eigenvalue weighted by Gasteiger charge is 2.07. The molecule has 0 aliphatic carbocycles. The van der Waals surface area contributed by atoms with Crippen molar-refractivity contribution in [3.8, 4) is 0 Å². The number of aromatic amines is 1. The Morgan fingerprint density at radius 3 is 3.06 bits per heavy atom. The molecule has 90 valence electrons. The number of carbonyl (C=O) groups is 1. The highest BCUT2D eigenvalue weighted by Crippen LogP contribution is 2.13. The van der Waals surface area contributed by atoms with Crippen LogP contribution in [0.5, 0.6) is 0 Å². The van der Waals surface area contributed by atoms with Crippen LogP contribution in [0.1, 0.15) is 35.9 Å². The molecule has 1 aromatic heterocycles. The van der Waals surface area contributed by atoms with Crippen molar-refractivity contribution in [3.63, 3.8) is 0 Å². The predicted octanol–water partition coefficient (Wildman–Crippen LogP) is 2.40. The Kier molecular flexibility index (Phi) is 3.42. The predicted molar refractivity (Wildman–Crippen MR) is 68.1 cm³/mol. The van der Waals surface area contributed by atoms with Gasteiger partial charge in [0.25, 0.3) is 5.91 Å². The van der Waals surface area contributed by atoms with Gasteiger partial charge in [-0.3, -0.25) is 4.79 Å². The van der Waals surface area contributed by atoms with Crippen molar-refractivity contribution in [2.24, 2.45) is 0 Å². The molecule has 0 saturated heterocycles. The molecule has 1 heterocycles. The number of aromatic nitrogens is 2. The second kappa shape index (κ2) is 4.99. The summed E-state index contributed by atoms with van der Waals surface area (Å²) in [6.45, 7) is 4.74. The van der Waals surface area contributed by atoms with Crippen LogP contribution in [0.25, 0.3) is 11.0 Å². The minimum Gasteiger partial charge on any atom is -0.352 e. The number of carbonyl (C=O) groups excluding carboxylic acids is 1. The number of unbranched alkanes of at least 4 members (excludes halogenated alkanes) is 1. The van der Waals surface area contributed by atoms with Crippen molar-refractivity contribution in [1.82, 2.24) is 15.3 Å². The lowest BCUT2D eigenvalue weighted by atomic mass is 10.2. The smallest absolute Gasteiger partial charge is 0.251 e. The van der Waals surface area contributed by atoms with E-state index in [1.54, 1.807) is 0 Å². The van der Waals surface area contributed by atoms with E-state index < -0.39 is 0 Å². The van der Waals surface area contributed by atoms with Crippen LogP contribution in [0.3, 0.4) is 0 Å². The van der Waals surface area contributed by atoms with Gasteiger partial charge in [-0.05, 0) is 31.5 Å². The number of rotatable bonds is 4. The number of hydrogen-bond donors (Lipinski definition) is 2. The molecule has 2 N–H and O–H groups in total. The lowest BCUT2D eigenvalue weighted by molar-refractivity contribution is 0.0953. The summed E-state index contributed by atoms with van der Waals surface area (Å²) in [6.07, 6.45) is 2.09. The first-order chi connectivity index (χ1) is 8.20. The fraction of sp³-hybridized carbons (Fsp3) is 0.385. The van der Waals surface area contributed by atoms with Gasteiger partial charge in [-0.15, -0.1) is 0 Å². The van der Waals surface area contributed by atoms with Gasteiger partial charge in [-0.25, -0.2) is 4.98 Å². The van der Waals surface area contributed by atoms with Gasteiger partial charge in [-0.1, -0.05) is 13.3 Å². The van der Waals surface area contributed by atoms with E-state index in [0.717, 1.165) is 36.2 Å². The second-order valence-electron chi connectivity index (χ2n) is 4.16. The van der Waals surface area contributed by atoms with Gasteiger partial charge >= 0.3 is 0 Å². The van der Waals surface area contributed by atoms with E-state index in [9.17, 15) is 4.79 Å². The number of hydrogen-bond acceptors (Lipinski definition) is 2. The van der Waals surface area contributed by atoms with Gasteiger partial charge in [0, 0.05) is 12.1 Å². The minimum absolute atomic E-state index is 0.0207. The molecule has 17 heavy (non-hydrogen) atoms. The third-order valence-corrected chi connectivity index (χ3v) is 2.68. The van der Waals surface area contributed by atoms with Crippen LogP contribution >= 0.6 is 0 Å². The van der Waals surface area contributed by atoms with Crippen LogP contribution in [-0.4, -0.2) is 22.4 Å². The summed E-state index contributed by atoms with van der Waals surface area (Å²) in [5, 5.41) is 2.90. The normalized spacial score (nSPS) is 10.7.